The van der Waals surface area contributed by atoms with Crippen molar-refractivity contribution in [3.63, 3.8) is 0 Å². The van der Waals surface area contributed by atoms with E-state index in [0.717, 1.165) is 31.2 Å². The lowest BCUT2D eigenvalue weighted by Crippen LogP contribution is -2.31. The number of pyridine rings is 1. The normalized spacial score (nSPS) is 15.7. The van der Waals surface area contributed by atoms with Gasteiger partial charge in [0.2, 0.25) is 0 Å². The number of hydrogen-bond donors (Lipinski definition) is 1. The summed E-state index contributed by atoms with van der Waals surface area (Å²) in [6.07, 6.45) is 4.10. The van der Waals surface area contributed by atoms with E-state index >= 15 is 0 Å². The molecule has 0 saturated carbocycles. The fourth-order valence-electron chi connectivity index (χ4n) is 3.10. The van der Waals surface area contributed by atoms with E-state index in [0.29, 0.717) is 11.6 Å². The SMILES string of the molecule is COc1ccc([C@@H](CNc2ccc(C#N)cn2)N2CCCC2)cc1. The first-order chi connectivity index (χ1) is 11.8. The van der Waals surface area contributed by atoms with Gasteiger partial charge in [0.25, 0.3) is 0 Å². The van der Waals surface area contributed by atoms with Gasteiger partial charge in [0, 0.05) is 12.7 Å². The van der Waals surface area contributed by atoms with Crippen LogP contribution in [0.1, 0.15) is 30.0 Å². The number of benzene rings is 1. The number of anilines is 1. The van der Waals surface area contributed by atoms with Crippen LogP contribution in [0.4, 0.5) is 5.82 Å². The number of nitrogens with zero attached hydrogens (tertiary/aromatic N) is 3. The van der Waals surface area contributed by atoms with E-state index in [2.05, 4.69) is 33.4 Å². The standard InChI is InChI=1S/C19H22N4O/c1-24-17-7-5-16(6-8-17)18(23-10-2-3-11-23)14-22-19-9-4-15(12-20)13-21-19/h4-9,13,18H,2-3,10-11,14H2,1H3,(H,21,22)/t18-/m1/s1. The highest BCUT2D eigenvalue weighted by molar-refractivity contribution is 5.40. The lowest BCUT2D eigenvalue weighted by molar-refractivity contribution is 0.255. The molecule has 24 heavy (non-hydrogen) atoms. The summed E-state index contributed by atoms with van der Waals surface area (Å²) in [5.74, 6) is 1.67. The van der Waals surface area contributed by atoms with Crippen molar-refractivity contribution in [1.82, 2.24) is 9.88 Å². The molecule has 0 bridgehead atoms. The van der Waals surface area contributed by atoms with Crippen molar-refractivity contribution in [2.75, 3.05) is 32.1 Å². The van der Waals surface area contributed by atoms with E-state index in [1.807, 2.05) is 18.2 Å². The van der Waals surface area contributed by atoms with Gasteiger partial charge in [-0.25, -0.2) is 4.98 Å². The van der Waals surface area contributed by atoms with E-state index in [1.54, 1.807) is 19.4 Å². The van der Waals surface area contributed by atoms with Crippen molar-refractivity contribution in [2.45, 2.75) is 18.9 Å². The van der Waals surface area contributed by atoms with Crippen LogP contribution in [0.3, 0.4) is 0 Å². The maximum atomic E-state index is 8.85. The minimum Gasteiger partial charge on any atom is -0.497 e. The first kappa shape index (κ1) is 16.3. The van der Waals surface area contributed by atoms with Crippen molar-refractivity contribution >= 4 is 5.82 Å². The molecule has 1 aromatic heterocycles. The summed E-state index contributed by atoms with van der Waals surface area (Å²) in [6.45, 7) is 3.03. The summed E-state index contributed by atoms with van der Waals surface area (Å²) >= 11 is 0. The van der Waals surface area contributed by atoms with Gasteiger partial charge < -0.3 is 10.1 Å². The number of hydrogen-bond acceptors (Lipinski definition) is 5. The molecule has 1 fully saturated rings. The summed E-state index contributed by atoms with van der Waals surface area (Å²) in [7, 11) is 1.69. The zero-order chi connectivity index (χ0) is 16.8. The Kier molecular flexibility index (Phi) is 5.29. The summed E-state index contributed by atoms with van der Waals surface area (Å²) in [5.41, 5.74) is 1.85. The lowest BCUT2D eigenvalue weighted by atomic mass is 10.1. The van der Waals surface area contributed by atoms with Gasteiger partial charge in [-0.2, -0.15) is 5.26 Å². The highest BCUT2D eigenvalue weighted by Crippen LogP contribution is 2.27. The average Bonchev–Trinajstić information content (AvgIpc) is 3.17. The Labute approximate surface area is 142 Å². The molecule has 0 radical (unpaired) electrons. The van der Waals surface area contributed by atoms with Gasteiger partial charge in [-0.1, -0.05) is 12.1 Å². The quantitative estimate of drug-likeness (QED) is 0.885. The summed E-state index contributed by atoms with van der Waals surface area (Å²) < 4.78 is 5.26. The molecular formula is C19H22N4O. The third-order valence-corrected chi connectivity index (χ3v) is 4.45. The monoisotopic (exact) mass is 322 g/mol. The van der Waals surface area contributed by atoms with Crippen LogP contribution in [0, 0.1) is 11.3 Å². The maximum Gasteiger partial charge on any atom is 0.126 e. The van der Waals surface area contributed by atoms with Crippen LogP contribution in [0.5, 0.6) is 5.75 Å². The van der Waals surface area contributed by atoms with Crippen LogP contribution in [0.25, 0.3) is 0 Å². The first-order valence-corrected chi connectivity index (χ1v) is 8.28. The van der Waals surface area contributed by atoms with Crippen LogP contribution in [0.15, 0.2) is 42.6 Å². The second-order valence-electron chi connectivity index (χ2n) is 5.96. The highest BCUT2D eigenvalue weighted by atomic mass is 16.5. The number of aromatic nitrogens is 1. The van der Waals surface area contributed by atoms with Gasteiger partial charge in [-0.05, 0) is 55.8 Å². The molecule has 0 spiro atoms. The Bertz CT molecular complexity index is 685. The second kappa shape index (κ2) is 7.80. The fraction of sp³-hybridized carbons (Fsp3) is 0.368. The average molecular weight is 322 g/mol. The smallest absolute Gasteiger partial charge is 0.126 e. The fourth-order valence-corrected chi connectivity index (χ4v) is 3.10. The highest BCUT2D eigenvalue weighted by Gasteiger charge is 2.23. The summed E-state index contributed by atoms with van der Waals surface area (Å²) in [4.78, 5) is 6.81. The molecule has 1 N–H and O–H groups in total. The number of methoxy groups -OCH3 is 1. The number of ether oxygens (including phenoxy) is 1. The Morgan fingerprint density at radius 3 is 2.54 bits per heavy atom. The van der Waals surface area contributed by atoms with Gasteiger partial charge in [0.1, 0.15) is 17.6 Å². The molecule has 0 amide bonds. The molecule has 0 unspecified atom stereocenters. The van der Waals surface area contributed by atoms with Crippen molar-refractivity contribution in [1.29, 1.82) is 5.26 Å². The van der Waals surface area contributed by atoms with Crippen LogP contribution in [0.2, 0.25) is 0 Å². The largest absolute Gasteiger partial charge is 0.497 e. The van der Waals surface area contributed by atoms with Gasteiger partial charge in [-0.15, -0.1) is 0 Å². The van der Waals surface area contributed by atoms with Crippen LogP contribution < -0.4 is 10.1 Å². The van der Waals surface area contributed by atoms with E-state index in [-0.39, 0.29) is 0 Å². The van der Waals surface area contributed by atoms with Gasteiger partial charge in [-0.3, -0.25) is 4.90 Å². The van der Waals surface area contributed by atoms with E-state index in [4.69, 9.17) is 10.00 Å². The third-order valence-electron chi connectivity index (χ3n) is 4.45. The number of rotatable bonds is 6. The van der Waals surface area contributed by atoms with Crippen LogP contribution in [-0.4, -0.2) is 36.6 Å². The predicted octanol–water partition coefficient (Wildman–Crippen LogP) is 3.21. The van der Waals surface area contributed by atoms with E-state index in [9.17, 15) is 0 Å². The third kappa shape index (κ3) is 3.84. The topological polar surface area (TPSA) is 61.2 Å². The minimum absolute atomic E-state index is 0.302. The molecule has 124 valence electrons. The summed E-state index contributed by atoms with van der Waals surface area (Å²) in [6, 6.07) is 14.3. The number of likely N-dealkylation sites (tertiary alicyclic amines) is 1. The van der Waals surface area contributed by atoms with Crippen LogP contribution in [-0.2, 0) is 0 Å². The predicted molar refractivity (Wildman–Crippen MR) is 94.0 cm³/mol. The molecule has 0 aliphatic carbocycles. The zero-order valence-electron chi connectivity index (χ0n) is 13.9. The van der Waals surface area contributed by atoms with Crippen molar-refractivity contribution in [3.8, 4) is 11.8 Å². The Hall–Kier alpha value is -2.58. The molecule has 1 aliphatic rings. The Morgan fingerprint density at radius 1 is 1.21 bits per heavy atom. The molecule has 1 aliphatic heterocycles. The van der Waals surface area contributed by atoms with Gasteiger partial charge in [0.05, 0.1) is 18.7 Å². The van der Waals surface area contributed by atoms with Gasteiger partial charge in [0.15, 0.2) is 0 Å². The van der Waals surface area contributed by atoms with E-state index < -0.39 is 0 Å². The molecule has 3 rings (SSSR count). The second-order valence-corrected chi connectivity index (χ2v) is 5.96. The molecule has 5 heteroatoms. The number of nitrogens with one attached hydrogen (secondary N) is 1. The van der Waals surface area contributed by atoms with Crippen molar-refractivity contribution < 1.29 is 4.74 Å². The number of nitriles is 1. The molecule has 2 aromatic rings. The molecule has 1 aromatic carbocycles. The first-order valence-electron chi connectivity index (χ1n) is 8.28. The molecule has 1 atom stereocenters. The lowest BCUT2D eigenvalue weighted by Gasteiger charge is -2.28. The zero-order valence-corrected chi connectivity index (χ0v) is 13.9. The Morgan fingerprint density at radius 2 is 1.96 bits per heavy atom. The van der Waals surface area contributed by atoms with Crippen LogP contribution >= 0.6 is 0 Å². The minimum atomic E-state index is 0.302. The maximum absolute atomic E-state index is 8.85. The van der Waals surface area contributed by atoms with Crippen molar-refractivity contribution in [2.24, 2.45) is 0 Å². The summed E-state index contributed by atoms with van der Waals surface area (Å²) in [5, 5.41) is 12.3. The van der Waals surface area contributed by atoms with Gasteiger partial charge >= 0.3 is 0 Å². The Balaban J connectivity index is 1.72. The molecular weight excluding hydrogens is 300 g/mol. The van der Waals surface area contributed by atoms with E-state index in [1.165, 1.54) is 18.4 Å². The molecule has 1 saturated heterocycles. The van der Waals surface area contributed by atoms with Crippen molar-refractivity contribution in [3.05, 3.63) is 53.7 Å². The molecule has 5 nitrogen and oxygen atoms in total. The molecule has 2 heterocycles.